The Kier molecular flexibility index (Phi) is 3.87. The molecule has 0 fully saturated rings. The Labute approximate surface area is 94.9 Å². The molecule has 0 unspecified atom stereocenters. The summed E-state index contributed by atoms with van der Waals surface area (Å²) in [5.41, 5.74) is -4.16. The minimum atomic E-state index is -4.39. The zero-order valence-electron chi connectivity index (χ0n) is 7.86. The SMILES string of the molecule is NS(=O)(=O)Cc1cccc(SC(F)(F)F)c1. The Bertz CT molecular complexity index is 470. The number of benzene rings is 1. The van der Waals surface area contributed by atoms with Crippen molar-refractivity contribution in [1.29, 1.82) is 0 Å². The van der Waals surface area contributed by atoms with Crippen LogP contribution >= 0.6 is 11.8 Å². The Morgan fingerprint density at radius 3 is 2.44 bits per heavy atom. The molecular formula is C8H8F3NO2S2. The van der Waals surface area contributed by atoms with Crippen LogP contribution in [0.5, 0.6) is 0 Å². The van der Waals surface area contributed by atoms with Gasteiger partial charge in [-0.05, 0) is 29.5 Å². The average molecular weight is 271 g/mol. The van der Waals surface area contributed by atoms with Gasteiger partial charge in [-0.2, -0.15) is 13.2 Å². The van der Waals surface area contributed by atoms with E-state index < -0.39 is 21.3 Å². The summed E-state index contributed by atoms with van der Waals surface area (Å²) >= 11 is -0.295. The van der Waals surface area contributed by atoms with E-state index in [2.05, 4.69) is 0 Å². The molecule has 0 aliphatic carbocycles. The summed E-state index contributed by atoms with van der Waals surface area (Å²) in [6.45, 7) is 0. The molecule has 0 aliphatic heterocycles. The van der Waals surface area contributed by atoms with E-state index >= 15 is 0 Å². The van der Waals surface area contributed by atoms with Crippen LogP contribution in [0, 0.1) is 0 Å². The molecule has 0 radical (unpaired) electrons. The fraction of sp³-hybridized carbons (Fsp3) is 0.250. The molecule has 0 bridgehead atoms. The highest BCUT2D eigenvalue weighted by atomic mass is 32.2. The van der Waals surface area contributed by atoms with Gasteiger partial charge in [0.2, 0.25) is 10.0 Å². The molecule has 0 amide bonds. The maximum atomic E-state index is 12.0. The molecule has 1 aromatic carbocycles. The minimum absolute atomic E-state index is 0.0614. The maximum Gasteiger partial charge on any atom is 0.446 e. The average Bonchev–Trinajstić information content (AvgIpc) is 1.96. The van der Waals surface area contributed by atoms with E-state index in [0.29, 0.717) is 0 Å². The number of hydrogen-bond acceptors (Lipinski definition) is 3. The van der Waals surface area contributed by atoms with Crippen LogP contribution < -0.4 is 5.14 Å². The number of halogens is 3. The first-order valence-electron chi connectivity index (χ1n) is 4.01. The first kappa shape index (κ1) is 13.3. The first-order chi connectivity index (χ1) is 7.16. The molecule has 2 N–H and O–H groups in total. The minimum Gasteiger partial charge on any atom is -0.228 e. The van der Waals surface area contributed by atoms with Crippen molar-refractivity contribution in [1.82, 2.24) is 0 Å². The predicted molar refractivity (Wildman–Crippen MR) is 55.2 cm³/mol. The van der Waals surface area contributed by atoms with Gasteiger partial charge in [-0.15, -0.1) is 0 Å². The zero-order chi connectivity index (χ0) is 12.4. The smallest absolute Gasteiger partial charge is 0.228 e. The molecule has 0 saturated carbocycles. The Morgan fingerprint density at radius 2 is 1.94 bits per heavy atom. The van der Waals surface area contributed by atoms with Crippen molar-refractivity contribution in [2.45, 2.75) is 16.2 Å². The molecule has 16 heavy (non-hydrogen) atoms. The van der Waals surface area contributed by atoms with Crippen LogP contribution in [0.25, 0.3) is 0 Å². The predicted octanol–water partition coefficient (Wildman–Crippen LogP) is 2.09. The van der Waals surface area contributed by atoms with Crippen LogP contribution in [0.3, 0.4) is 0 Å². The molecule has 0 heterocycles. The standard InChI is InChI=1S/C8H8F3NO2S2/c9-8(10,11)15-7-3-1-2-6(4-7)5-16(12,13)14/h1-4H,5H2,(H2,12,13,14). The highest BCUT2D eigenvalue weighted by Crippen LogP contribution is 2.36. The van der Waals surface area contributed by atoms with Crippen molar-refractivity contribution in [2.24, 2.45) is 5.14 Å². The quantitative estimate of drug-likeness (QED) is 0.856. The van der Waals surface area contributed by atoms with E-state index in [4.69, 9.17) is 5.14 Å². The van der Waals surface area contributed by atoms with E-state index in [0.717, 1.165) is 6.07 Å². The Balaban J connectivity index is 2.88. The molecule has 90 valence electrons. The molecule has 0 aliphatic rings. The monoisotopic (exact) mass is 271 g/mol. The first-order valence-corrected chi connectivity index (χ1v) is 6.54. The number of rotatable bonds is 3. The lowest BCUT2D eigenvalue weighted by atomic mass is 10.2. The fourth-order valence-corrected chi connectivity index (χ4v) is 2.33. The summed E-state index contributed by atoms with van der Waals surface area (Å²) in [4.78, 5) is -0.0614. The summed E-state index contributed by atoms with van der Waals surface area (Å²) < 4.78 is 57.6. The fourth-order valence-electron chi connectivity index (χ4n) is 1.06. The molecule has 1 aromatic rings. The van der Waals surface area contributed by atoms with Crippen LogP contribution in [-0.2, 0) is 15.8 Å². The third kappa shape index (κ3) is 5.38. The highest BCUT2D eigenvalue weighted by molar-refractivity contribution is 8.00. The molecular weight excluding hydrogens is 263 g/mol. The summed E-state index contributed by atoms with van der Waals surface area (Å²) in [6.07, 6.45) is 0. The van der Waals surface area contributed by atoms with Gasteiger partial charge < -0.3 is 0 Å². The van der Waals surface area contributed by atoms with E-state index in [-0.39, 0.29) is 22.2 Å². The van der Waals surface area contributed by atoms with E-state index in [1.807, 2.05) is 0 Å². The third-order valence-electron chi connectivity index (χ3n) is 1.50. The van der Waals surface area contributed by atoms with Crippen LogP contribution in [-0.4, -0.2) is 13.9 Å². The summed E-state index contributed by atoms with van der Waals surface area (Å²) in [5.74, 6) is -0.473. The van der Waals surface area contributed by atoms with Gasteiger partial charge in [0, 0.05) is 4.90 Å². The van der Waals surface area contributed by atoms with Gasteiger partial charge >= 0.3 is 5.51 Å². The zero-order valence-corrected chi connectivity index (χ0v) is 9.49. The van der Waals surface area contributed by atoms with Gasteiger partial charge in [-0.3, -0.25) is 0 Å². The van der Waals surface area contributed by atoms with Crippen molar-refractivity contribution >= 4 is 21.8 Å². The molecule has 0 aromatic heterocycles. The summed E-state index contributed by atoms with van der Waals surface area (Å²) in [5, 5.41) is 4.79. The molecule has 3 nitrogen and oxygen atoms in total. The second-order valence-corrected chi connectivity index (χ2v) is 5.76. The van der Waals surface area contributed by atoms with E-state index in [1.54, 1.807) is 0 Å². The lowest BCUT2D eigenvalue weighted by Gasteiger charge is -2.06. The van der Waals surface area contributed by atoms with Gasteiger partial charge in [-0.25, -0.2) is 13.6 Å². The molecule has 0 spiro atoms. The molecule has 0 saturated heterocycles. The summed E-state index contributed by atoms with van der Waals surface area (Å²) in [6, 6.07) is 5.17. The Morgan fingerprint density at radius 1 is 1.31 bits per heavy atom. The van der Waals surface area contributed by atoms with Gasteiger partial charge in [0.15, 0.2) is 0 Å². The van der Waals surface area contributed by atoms with Crippen molar-refractivity contribution in [3.63, 3.8) is 0 Å². The van der Waals surface area contributed by atoms with E-state index in [9.17, 15) is 21.6 Å². The van der Waals surface area contributed by atoms with Gasteiger partial charge in [-0.1, -0.05) is 12.1 Å². The largest absolute Gasteiger partial charge is 0.446 e. The number of thioether (sulfide) groups is 1. The molecule has 1 rings (SSSR count). The number of hydrogen-bond donors (Lipinski definition) is 1. The number of nitrogens with two attached hydrogens (primary N) is 1. The lowest BCUT2D eigenvalue weighted by Crippen LogP contribution is -2.14. The van der Waals surface area contributed by atoms with Crippen molar-refractivity contribution < 1.29 is 21.6 Å². The van der Waals surface area contributed by atoms with Crippen molar-refractivity contribution in [2.75, 3.05) is 0 Å². The Hall–Kier alpha value is -0.730. The topological polar surface area (TPSA) is 60.2 Å². The summed E-state index contributed by atoms with van der Waals surface area (Å²) in [7, 11) is -3.73. The van der Waals surface area contributed by atoms with Crippen molar-refractivity contribution in [3.8, 4) is 0 Å². The number of primary sulfonamides is 1. The highest BCUT2D eigenvalue weighted by Gasteiger charge is 2.29. The normalized spacial score (nSPS) is 12.8. The van der Waals surface area contributed by atoms with Crippen molar-refractivity contribution in [3.05, 3.63) is 29.8 Å². The van der Waals surface area contributed by atoms with Gasteiger partial charge in [0.25, 0.3) is 0 Å². The van der Waals surface area contributed by atoms with Gasteiger partial charge in [0.1, 0.15) is 0 Å². The molecule has 0 atom stereocenters. The third-order valence-corrected chi connectivity index (χ3v) is 2.96. The van der Waals surface area contributed by atoms with Crippen LogP contribution in [0.4, 0.5) is 13.2 Å². The van der Waals surface area contributed by atoms with E-state index in [1.165, 1.54) is 18.2 Å². The van der Waals surface area contributed by atoms with Crippen LogP contribution in [0.2, 0.25) is 0 Å². The lowest BCUT2D eigenvalue weighted by molar-refractivity contribution is -0.0328. The van der Waals surface area contributed by atoms with Crippen LogP contribution in [0.1, 0.15) is 5.56 Å². The number of alkyl halides is 3. The van der Waals surface area contributed by atoms with Crippen LogP contribution in [0.15, 0.2) is 29.2 Å². The second-order valence-electron chi connectivity index (χ2n) is 3.00. The van der Waals surface area contributed by atoms with Gasteiger partial charge in [0.05, 0.1) is 5.75 Å². The number of sulfonamides is 1. The maximum absolute atomic E-state index is 12.0. The second kappa shape index (κ2) is 4.64. The molecule has 8 heteroatoms.